The zero-order valence-electron chi connectivity index (χ0n) is 18.7. The number of carbonyl (C=O) groups excluding carboxylic acids is 1. The van der Waals surface area contributed by atoms with E-state index >= 15 is 0 Å². The number of amides is 1. The Kier molecular flexibility index (Phi) is 5.72. The van der Waals surface area contributed by atoms with E-state index in [0.717, 1.165) is 16.7 Å². The van der Waals surface area contributed by atoms with Gasteiger partial charge < -0.3 is 5.11 Å². The highest BCUT2D eigenvalue weighted by molar-refractivity contribution is 6.04. The van der Waals surface area contributed by atoms with Crippen LogP contribution in [-0.2, 0) is 10.8 Å². The Hall–Kier alpha value is -3.48. The van der Waals surface area contributed by atoms with E-state index in [1.807, 2.05) is 53.7 Å². The fourth-order valence-electron chi connectivity index (χ4n) is 3.38. The number of phenolic OH excluding ortho intramolecular Hbond substituents is 1. The van der Waals surface area contributed by atoms with Crippen LogP contribution < -0.4 is 11.0 Å². The van der Waals surface area contributed by atoms with E-state index in [1.165, 1.54) is 6.21 Å². The van der Waals surface area contributed by atoms with Gasteiger partial charge in [-0.1, -0.05) is 59.7 Å². The average Bonchev–Trinajstić information content (AvgIpc) is 2.67. The van der Waals surface area contributed by atoms with Gasteiger partial charge >= 0.3 is 0 Å². The van der Waals surface area contributed by atoms with Gasteiger partial charge in [0.2, 0.25) is 0 Å². The maximum absolute atomic E-state index is 12.6. The van der Waals surface area contributed by atoms with Crippen molar-refractivity contribution in [1.82, 2.24) is 15.6 Å². The Morgan fingerprint density at radius 2 is 1.58 bits per heavy atom. The third-order valence-corrected chi connectivity index (χ3v) is 5.04. The van der Waals surface area contributed by atoms with Gasteiger partial charge in [0, 0.05) is 16.5 Å². The number of hydrogen-bond acceptors (Lipinski definition) is 5. The molecular weight excluding hydrogens is 392 g/mol. The second-order valence-electron chi connectivity index (χ2n) is 9.61. The van der Waals surface area contributed by atoms with Crippen molar-refractivity contribution in [2.45, 2.75) is 52.4 Å². The summed E-state index contributed by atoms with van der Waals surface area (Å²) in [6.45, 7) is 12.2. The van der Waals surface area contributed by atoms with Gasteiger partial charge in [-0.2, -0.15) is 10.2 Å². The largest absolute Gasteiger partial charge is 0.507 e. The van der Waals surface area contributed by atoms with Crippen LogP contribution in [-0.4, -0.2) is 27.4 Å². The summed E-state index contributed by atoms with van der Waals surface area (Å²) in [7, 11) is 0. The molecule has 0 atom stereocenters. The molecule has 0 radical (unpaired) electrons. The predicted molar refractivity (Wildman–Crippen MR) is 123 cm³/mol. The fourth-order valence-corrected chi connectivity index (χ4v) is 3.38. The molecule has 3 N–H and O–H groups in total. The van der Waals surface area contributed by atoms with Crippen LogP contribution >= 0.6 is 0 Å². The normalized spacial score (nSPS) is 12.5. The molecule has 31 heavy (non-hydrogen) atoms. The number of carbonyl (C=O) groups is 1. The van der Waals surface area contributed by atoms with Crippen molar-refractivity contribution >= 4 is 22.9 Å². The van der Waals surface area contributed by atoms with Crippen molar-refractivity contribution in [1.29, 1.82) is 0 Å². The molecule has 7 nitrogen and oxygen atoms in total. The third kappa shape index (κ3) is 4.66. The molecule has 2 aromatic carbocycles. The van der Waals surface area contributed by atoms with Crippen LogP contribution in [0.3, 0.4) is 0 Å². The van der Waals surface area contributed by atoms with Gasteiger partial charge in [0.15, 0.2) is 5.69 Å². The number of aromatic nitrogens is 2. The summed E-state index contributed by atoms with van der Waals surface area (Å²) in [5.74, 6) is -0.250. The van der Waals surface area contributed by atoms with E-state index in [2.05, 4.69) is 20.7 Å². The van der Waals surface area contributed by atoms with Gasteiger partial charge in [0.05, 0.1) is 11.6 Å². The number of phenols is 1. The summed E-state index contributed by atoms with van der Waals surface area (Å²) in [4.78, 5) is 24.5. The first-order chi connectivity index (χ1) is 14.4. The predicted octanol–water partition coefficient (Wildman–Crippen LogP) is 3.99. The van der Waals surface area contributed by atoms with Crippen LogP contribution in [0.15, 0.2) is 46.3 Å². The molecule has 0 aliphatic carbocycles. The number of benzene rings is 2. The number of nitrogens with one attached hydrogen (secondary N) is 2. The van der Waals surface area contributed by atoms with Gasteiger partial charge in [0.25, 0.3) is 11.5 Å². The number of hydrazone groups is 1. The monoisotopic (exact) mass is 420 g/mol. The van der Waals surface area contributed by atoms with Gasteiger partial charge in [-0.05, 0) is 34.6 Å². The maximum Gasteiger partial charge on any atom is 0.292 e. The summed E-state index contributed by atoms with van der Waals surface area (Å²) >= 11 is 0. The van der Waals surface area contributed by atoms with E-state index in [4.69, 9.17) is 0 Å². The molecular formula is C24H28N4O3. The Bertz CT molecular complexity index is 1190. The summed E-state index contributed by atoms with van der Waals surface area (Å²) in [5.41, 5.74) is 4.04. The lowest BCUT2D eigenvalue weighted by Gasteiger charge is -2.27. The van der Waals surface area contributed by atoms with Crippen LogP contribution in [0.25, 0.3) is 10.8 Å². The lowest BCUT2D eigenvalue weighted by Crippen LogP contribution is -2.23. The van der Waals surface area contributed by atoms with E-state index < -0.39 is 5.91 Å². The Morgan fingerprint density at radius 1 is 1.03 bits per heavy atom. The number of rotatable bonds is 3. The molecule has 1 aromatic heterocycles. The number of H-pyrrole nitrogens is 1. The molecule has 3 aromatic rings. The van der Waals surface area contributed by atoms with E-state index in [1.54, 1.807) is 24.3 Å². The van der Waals surface area contributed by atoms with Crippen LogP contribution in [0.2, 0.25) is 0 Å². The highest BCUT2D eigenvalue weighted by Gasteiger charge is 2.26. The molecule has 1 amide bonds. The Labute approximate surface area is 181 Å². The first kappa shape index (κ1) is 22.2. The fraction of sp³-hybridized carbons (Fsp3) is 0.333. The van der Waals surface area contributed by atoms with E-state index in [9.17, 15) is 14.7 Å². The molecule has 0 unspecified atom stereocenters. The highest BCUT2D eigenvalue weighted by atomic mass is 16.3. The molecule has 162 valence electrons. The SMILES string of the molecule is CC(C)(C)c1cc(/C=N/NC(=O)c2n[nH]c(=O)c3ccccc23)cc(C(C)(C)C)c1O. The quantitative estimate of drug-likeness (QED) is 0.440. The summed E-state index contributed by atoms with van der Waals surface area (Å²) in [6.07, 6.45) is 1.54. The van der Waals surface area contributed by atoms with Crippen molar-refractivity contribution in [2.75, 3.05) is 0 Å². The minimum Gasteiger partial charge on any atom is -0.507 e. The van der Waals surface area contributed by atoms with Crippen LogP contribution in [0, 0.1) is 0 Å². The number of nitrogens with zero attached hydrogens (tertiary/aromatic N) is 2. The lowest BCUT2D eigenvalue weighted by molar-refractivity contribution is 0.0951. The van der Waals surface area contributed by atoms with Gasteiger partial charge in [-0.25, -0.2) is 10.5 Å². The Balaban J connectivity index is 1.93. The van der Waals surface area contributed by atoms with Crippen molar-refractivity contribution in [3.8, 4) is 5.75 Å². The number of aromatic amines is 1. The summed E-state index contributed by atoms with van der Waals surface area (Å²) in [6, 6.07) is 10.5. The third-order valence-electron chi connectivity index (χ3n) is 5.04. The molecule has 0 fully saturated rings. The molecule has 3 rings (SSSR count). The van der Waals surface area contributed by atoms with Crippen molar-refractivity contribution in [2.24, 2.45) is 5.10 Å². The van der Waals surface area contributed by atoms with Gasteiger partial charge in [-0.3, -0.25) is 9.59 Å². The molecule has 0 aliphatic heterocycles. The van der Waals surface area contributed by atoms with Gasteiger partial charge in [0.1, 0.15) is 5.75 Å². The maximum atomic E-state index is 12.6. The van der Waals surface area contributed by atoms with E-state index in [0.29, 0.717) is 10.8 Å². The zero-order chi connectivity index (χ0) is 23.0. The topological polar surface area (TPSA) is 107 Å². The first-order valence-corrected chi connectivity index (χ1v) is 10.1. The first-order valence-electron chi connectivity index (χ1n) is 10.1. The average molecular weight is 421 g/mol. The minimum atomic E-state index is -0.533. The van der Waals surface area contributed by atoms with Crippen molar-refractivity contribution in [3.63, 3.8) is 0 Å². The minimum absolute atomic E-state index is 0.0869. The van der Waals surface area contributed by atoms with Crippen LogP contribution in [0.4, 0.5) is 0 Å². The number of fused-ring (bicyclic) bond motifs is 1. The molecule has 0 bridgehead atoms. The zero-order valence-corrected chi connectivity index (χ0v) is 18.7. The summed E-state index contributed by atoms with van der Waals surface area (Å²) in [5, 5.41) is 22.0. The van der Waals surface area contributed by atoms with E-state index in [-0.39, 0.29) is 27.8 Å². The summed E-state index contributed by atoms with van der Waals surface area (Å²) < 4.78 is 0. The lowest BCUT2D eigenvalue weighted by atomic mass is 9.78. The van der Waals surface area contributed by atoms with Crippen LogP contribution in [0.5, 0.6) is 5.75 Å². The van der Waals surface area contributed by atoms with Crippen LogP contribution in [0.1, 0.15) is 68.7 Å². The standard InChI is InChI=1S/C24H28N4O3/c1-23(2,3)17-11-14(12-18(20(17)29)24(4,5)6)13-25-27-22(31)19-15-9-7-8-10-16(15)21(30)28-26-19/h7-13,29H,1-6H3,(H,27,31)(H,28,30)/b25-13+. The van der Waals surface area contributed by atoms with Gasteiger partial charge in [-0.15, -0.1) is 0 Å². The molecule has 0 aliphatic rings. The Morgan fingerprint density at radius 3 is 2.13 bits per heavy atom. The molecule has 0 saturated carbocycles. The second kappa shape index (κ2) is 7.98. The molecule has 7 heteroatoms. The molecule has 0 spiro atoms. The van der Waals surface area contributed by atoms with Crippen molar-refractivity contribution < 1.29 is 9.90 Å². The number of hydrogen-bond donors (Lipinski definition) is 3. The number of aromatic hydroxyl groups is 1. The second-order valence-corrected chi connectivity index (χ2v) is 9.61. The molecule has 0 saturated heterocycles. The molecule has 1 heterocycles. The smallest absolute Gasteiger partial charge is 0.292 e. The van der Waals surface area contributed by atoms with Crippen molar-refractivity contribution in [3.05, 3.63) is 69.1 Å². The highest BCUT2D eigenvalue weighted by Crippen LogP contribution is 2.39.